The van der Waals surface area contributed by atoms with Gasteiger partial charge in [0.05, 0.1) is 10.6 Å². The molecule has 0 spiro atoms. The molecule has 4 rings (SSSR count). The van der Waals surface area contributed by atoms with Crippen LogP contribution in [-0.4, -0.2) is 43.8 Å². The first-order valence-corrected chi connectivity index (χ1v) is 16.8. The van der Waals surface area contributed by atoms with Crippen molar-refractivity contribution in [2.24, 2.45) is 0 Å². The van der Waals surface area contributed by atoms with Crippen molar-refractivity contribution in [3.63, 3.8) is 0 Å². The van der Waals surface area contributed by atoms with Gasteiger partial charge in [0.2, 0.25) is 11.8 Å². The predicted octanol–water partition coefficient (Wildman–Crippen LogP) is 6.37. The molecule has 1 saturated carbocycles. The van der Waals surface area contributed by atoms with Gasteiger partial charge in [-0.2, -0.15) is 0 Å². The van der Waals surface area contributed by atoms with Crippen LogP contribution in [0.4, 0.5) is 5.69 Å². The van der Waals surface area contributed by atoms with Gasteiger partial charge in [-0.05, 0) is 81.8 Å². The summed E-state index contributed by atoms with van der Waals surface area (Å²) >= 11 is 0. The van der Waals surface area contributed by atoms with Crippen molar-refractivity contribution < 1.29 is 18.0 Å². The molecule has 7 nitrogen and oxygen atoms in total. The Morgan fingerprint density at radius 1 is 0.860 bits per heavy atom. The highest BCUT2D eigenvalue weighted by atomic mass is 32.2. The second-order valence-corrected chi connectivity index (χ2v) is 13.7. The lowest BCUT2D eigenvalue weighted by molar-refractivity contribution is -0.140. The van der Waals surface area contributed by atoms with Crippen molar-refractivity contribution in [2.75, 3.05) is 10.8 Å². The third-order valence-electron chi connectivity index (χ3n) is 8.45. The van der Waals surface area contributed by atoms with Crippen LogP contribution in [0.5, 0.6) is 0 Å². The third-order valence-corrected chi connectivity index (χ3v) is 10.2. The van der Waals surface area contributed by atoms with Gasteiger partial charge < -0.3 is 10.2 Å². The number of carbonyl (C=O) groups is 2. The molecule has 3 aromatic carbocycles. The molecule has 8 heteroatoms. The number of carbonyl (C=O) groups excluding carboxylic acids is 2. The van der Waals surface area contributed by atoms with Crippen LogP contribution in [0.1, 0.15) is 73.3 Å². The summed E-state index contributed by atoms with van der Waals surface area (Å²) in [5.74, 6) is -0.611. The van der Waals surface area contributed by atoms with E-state index >= 15 is 0 Å². The van der Waals surface area contributed by atoms with E-state index in [0.717, 1.165) is 53.5 Å². The minimum Gasteiger partial charge on any atom is -0.352 e. The van der Waals surface area contributed by atoms with Crippen LogP contribution in [0.2, 0.25) is 0 Å². The molecular weight excluding hydrogens is 558 g/mol. The Kier molecular flexibility index (Phi) is 10.7. The topological polar surface area (TPSA) is 86.8 Å². The fourth-order valence-electron chi connectivity index (χ4n) is 5.87. The Bertz CT molecular complexity index is 1530. The zero-order chi connectivity index (χ0) is 31.1. The van der Waals surface area contributed by atoms with E-state index in [1.165, 1.54) is 10.7 Å². The summed E-state index contributed by atoms with van der Waals surface area (Å²) < 4.78 is 29.5. The van der Waals surface area contributed by atoms with Gasteiger partial charge in [-0.1, -0.05) is 85.8 Å². The number of amides is 2. The Balaban J connectivity index is 1.74. The summed E-state index contributed by atoms with van der Waals surface area (Å²) in [5.41, 5.74) is 5.03. The van der Waals surface area contributed by atoms with Crippen molar-refractivity contribution in [1.82, 2.24) is 10.2 Å². The molecule has 0 heterocycles. The van der Waals surface area contributed by atoms with Crippen LogP contribution in [0.15, 0.2) is 71.6 Å². The summed E-state index contributed by atoms with van der Waals surface area (Å²) in [6, 6.07) is 19.3. The maximum atomic E-state index is 14.4. The first-order valence-electron chi connectivity index (χ1n) is 15.3. The van der Waals surface area contributed by atoms with Crippen LogP contribution in [0, 0.1) is 27.7 Å². The van der Waals surface area contributed by atoms with Crippen LogP contribution in [-0.2, 0) is 26.2 Å². The second-order valence-electron chi connectivity index (χ2n) is 11.8. The molecule has 43 heavy (non-hydrogen) atoms. The summed E-state index contributed by atoms with van der Waals surface area (Å²) in [7, 11) is -4.11. The van der Waals surface area contributed by atoms with Gasteiger partial charge in [0.15, 0.2) is 0 Å². The largest absolute Gasteiger partial charge is 0.352 e. The van der Waals surface area contributed by atoms with E-state index in [1.807, 2.05) is 71.0 Å². The molecule has 1 fully saturated rings. The lowest BCUT2D eigenvalue weighted by atomic mass is 9.95. The molecule has 230 valence electrons. The van der Waals surface area contributed by atoms with Gasteiger partial charge in [-0.25, -0.2) is 8.42 Å². The minimum atomic E-state index is -4.11. The first-order chi connectivity index (χ1) is 20.5. The minimum absolute atomic E-state index is 0.0966. The average molecular weight is 604 g/mol. The molecule has 1 aliphatic rings. The Morgan fingerprint density at radius 3 is 2.14 bits per heavy atom. The molecule has 0 radical (unpaired) electrons. The van der Waals surface area contributed by atoms with Crippen LogP contribution in [0.3, 0.4) is 0 Å². The lowest BCUT2D eigenvalue weighted by Crippen LogP contribution is -2.54. The smallest absolute Gasteiger partial charge is 0.264 e. The van der Waals surface area contributed by atoms with Gasteiger partial charge in [-0.15, -0.1) is 0 Å². The standard InChI is InChI=1S/C35H45N3O4S/c1-6-32(35(40)36-30-14-8-7-9-15-30)37(23-29-13-11-10-12-27(29)4)34(39)24-38(33-21-18-26(3)22-28(33)5)43(41,42)31-19-16-25(2)17-20-31/h10-13,16-22,30,32H,6-9,14-15,23-24H2,1-5H3,(H,36,40)/t32-/m0/s1. The van der Waals surface area contributed by atoms with Crippen LogP contribution >= 0.6 is 0 Å². The highest BCUT2D eigenvalue weighted by molar-refractivity contribution is 7.92. The highest BCUT2D eigenvalue weighted by Crippen LogP contribution is 2.29. The summed E-state index contributed by atoms with van der Waals surface area (Å²) in [6.45, 7) is 9.34. The number of sulfonamides is 1. The Labute approximate surface area is 257 Å². The number of nitrogens with zero attached hydrogens (tertiary/aromatic N) is 2. The van der Waals surface area contributed by atoms with E-state index in [1.54, 1.807) is 35.2 Å². The quantitative estimate of drug-likeness (QED) is 0.276. The zero-order valence-corrected chi connectivity index (χ0v) is 26.9. The lowest BCUT2D eigenvalue weighted by Gasteiger charge is -2.35. The van der Waals surface area contributed by atoms with E-state index in [9.17, 15) is 18.0 Å². The maximum Gasteiger partial charge on any atom is 0.264 e. The van der Waals surface area contributed by atoms with Crippen LogP contribution < -0.4 is 9.62 Å². The molecule has 0 unspecified atom stereocenters. The number of hydrogen-bond donors (Lipinski definition) is 1. The number of anilines is 1. The monoisotopic (exact) mass is 603 g/mol. The van der Waals surface area contributed by atoms with Crippen molar-refractivity contribution >= 4 is 27.5 Å². The number of rotatable bonds is 11. The summed E-state index contributed by atoms with van der Waals surface area (Å²) in [4.78, 5) is 29.8. The molecule has 0 bridgehead atoms. The SMILES string of the molecule is CC[C@@H](C(=O)NC1CCCCC1)N(Cc1ccccc1C)C(=O)CN(c1ccc(C)cc1C)S(=O)(=O)c1ccc(C)cc1. The van der Waals surface area contributed by atoms with Gasteiger partial charge in [0.1, 0.15) is 12.6 Å². The van der Waals surface area contributed by atoms with E-state index in [-0.39, 0.29) is 23.4 Å². The van der Waals surface area contributed by atoms with Crippen molar-refractivity contribution in [3.05, 3.63) is 94.5 Å². The first kappa shape index (κ1) is 32.3. The Morgan fingerprint density at radius 2 is 1.51 bits per heavy atom. The Hall–Kier alpha value is -3.65. The molecule has 1 atom stereocenters. The van der Waals surface area contributed by atoms with Crippen molar-refractivity contribution in [2.45, 2.75) is 96.7 Å². The number of nitrogens with one attached hydrogen (secondary N) is 1. The van der Waals surface area contributed by atoms with Gasteiger partial charge in [-0.3, -0.25) is 13.9 Å². The molecule has 0 aromatic heterocycles. The molecular formula is C35H45N3O4S. The molecule has 1 N–H and O–H groups in total. The predicted molar refractivity (Wildman–Crippen MR) is 172 cm³/mol. The van der Waals surface area contributed by atoms with E-state index in [2.05, 4.69) is 5.32 Å². The maximum absolute atomic E-state index is 14.4. The number of hydrogen-bond acceptors (Lipinski definition) is 4. The zero-order valence-electron chi connectivity index (χ0n) is 26.1. The third kappa shape index (κ3) is 7.85. The van der Waals surface area contributed by atoms with E-state index < -0.39 is 28.5 Å². The summed E-state index contributed by atoms with van der Waals surface area (Å²) in [5, 5.41) is 3.20. The highest BCUT2D eigenvalue weighted by Gasteiger charge is 2.35. The van der Waals surface area contributed by atoms with Crippen molar-refractivity contribution in [3.8, 4) is 0 Å². The number of aryl methyl sites for hydroxylation is 4. The van der Waals surface area contributed by atoms with E-state index in [0.29, 0.717) is 12.1 Å². The molecule has 0 aliphatic heterocycles. The fourth-order valence-corrected chi connectivity index (χ4v) is 7.35. The second kappa shape index (κ2) is 14.2. The molecule has 1 aliphatic carbocycles. The van der Waals surface area contributed by atoms with Gasteiger partial charge >= 0.3 is 0 Å². The molecule has 0 saturated heterocycles. The average Bonchev–Trinajstić information content (AvgIpc) is 2.97. The van der Waals surface area contributed by atoms with Crippen molar-refractivity contribution in [1.29, 1.82) is 0 Å². The molecule has 3 aromatic rings. The van der Waals surface area contributed by atoms with E-state index in [4.69, 9.17) is 0 Å². The van der Waals surface area contributed by atoms with Crippen LogP contribution in [0.25, 0.3) is 0 Å². The number of benzene rings is 3. The fraction of sp³-hybridized carbons (Fsp3) is 0.429. The molecule has 2 amide bonds. The van der Waals surface area contributed by atoms with Gasteiger partial charge in [0, 0.05) is 12.6 Å². The van der Waals surface area contributed by atoms with Gasteiger partial charge in [0.25, 0.3) is 10.0 Å². The summed E-state index contributed by atoms with van der Waals surface area (Å²) in [6.07, 6.45) is 5.60. The normalized spacial score (nSPS) is 14.6.